The van der Waals surface area contributed by atoms with E-state index in [0.29, 0.717) is 0 Å². The largest absolute Gasteiger partial charge is 0.495 e. The number of halogens is 1. The number of fused-ring (bicyclic) bond motifs is 4. The predicted molar refractivity (Wildman–Crippen MR) is 120 cm³/mol. The van der Waals surface area contributed by atoms with Crippen LogP contribution in [0.15, 0.2) is 66.7 Å². The van der Waals surface area contributed by atoms with E-state index in [-0.39, 0.29) is 0 Å². The Bertz CT molecular complexity index is 1310. The second-order valence-electron chi connectivity index (χ2n) is 6.37. The number of rotatable bonds is 3. The van der Waals surface area contributed by atoms with Gasteiger partial charge in [-0.05, 0) is 52.9 Å². The number of aromatic amines is 1. The number of benzene rings is 3. The van der Waals surface area contributed by atoms with Crippen LogP contribution in [0, 0.1) is 3.57 Å². The third-order valence-electron chi connectivity index (χ3n) is 4.76. The number of H-pyrrole nitrogens is 1. The number of aromatic nitrogens is 2. The van der Waals surface area contributed by atoms with Crippen molar-refractivity contribution in [3.63, 3.8) is 0 Å². The molecule has 0 aliphatic carbocycles. The fraction of sp³-hybridized carbons (Fsp3) is 0.0455. The average molecular weight is 465 g/mol. The van der Waals surface area contributed by atoms with E-state index in [1.165, 1.54) is 0 Å². The van der Waals surface area contributed by atoms with Crippen LogP contribution in [0.2, 0.25) is 0 Å². The smallest absolute Gasteiger partial charge is 0.143 e. The quantitative estimate of drug-likeness (QED) is 0.311. The van der Waals surface area contributed by atoms with Crippen LogP contribution in [0.1, 0.15) is 0 Å². The van der Waals surface area contributed by atoms with Gasteiger partial charge in [0, 0.05) is 19.9 Å². The Kier molecular flexibility index (Phi) is 3.89. The molecule has 5 rings (SSSR count). The molecule has 0 bridgehead atoms. The molecule has 0 unspecified atom stereocenters. The van der Waals surface area contributed by atoms with E-state index in [4.69, 9.17) is 9.72 Å². The van der Waals surface area contributed by atoms with Gasteiger partial charge in [0.1, 0.15) is 5.75 Å². The Morgan fingerprint density at radius 3 is 2.59 bits per heavy atom. The van der Waals surface area contributed by atoms with Crippen LogP contribution in [0.5, 0.6) is 5.75 Å². The van der Waals surface area contributed by atoms with Gasteiger partial charge in [-0.2, -0.15) is 0 Å². The van der Waals surface area contributed by atoms with Gasteiger partial charge in [-0.25, -0.2) is 4.98 Å². The first-order valence-electron chi connectivity index (χ1n) is 8.64. The molecule has 0 fully saturated rings. The molecule has 0 saturated heterocycles. The van der Waals surface area contributed by atoms with E-state index >= 15 is 0 Å². The SMILES string of the molecule is COc1cc(I)ccc1Nc1c2ccccc2nc2c1[nH]c1ccccc12. The highest BCUT2D eigenvalue weighted by molar-refractivity contribution is 14.1. The van der Waals surface area contributed by atoms with Gasteiger partial charge in [0.15, 0.2) is 0 Å². The molecule has 5 heteroatoms. The third kappa shape index (κ3) is 2.70. The van der Waals surface area contributed by atoms with Crippen molar-refractivity contribution in [1.82, 2.24) is 9.97 Å². The Morgan fingerprint density at radius 1 is 0.963 bits per heavy atom. The van der Waals surface area contributed by atoms with Gasteiger partial charge in [0.2, 0.25) is 0 Å². The molecule has 2 heterocycles. The summed E-state index contributed by atoms with van der Waals surface area (Å²) in [5, 5.41) is 5.79. The zero-order valence-corrected chi connectivity index (χ0v) is 16.7. The number of pyridine rings is 1. The Morgan fingerprint density at radius 2 is 1.74 bits per heavy atom. The van der Waals surface area contributed by atoms with Crippen molar-refractivity contribution >= 4 is 66.8 Å². The standard InChI is InChI=1S/C22H16IN3O/c1-27-19-12-13(23)10-11-18(19)26-21-14-6-2-4-8-16(14)24-20-15-7-3-5-9-17(15)25-22(20)21/h2-12,25H,1H3,(H,24,26). The Hall–Kier alpha value is -2.80. The van der Waals surface area contributed by atoms with Crippen LogP contribution < -0.4 is 10.1 Å². The maximum atomic E-state index is 5.59. The maximum absolute atomic E-state index is 5.59. The number of para-hydroxylation sites is 2. The van der Waals surface area contributed by atoms with Crippen molar-refractivity contribution in [2.24, 2.45) is 0 Å². The molecule has 4 nitrogen and oxygen atoms in total. The van der Waals surface area contributed by atoms with E-state index in [0.717, 1.165) is 53.5 Å². The zero-order valence-electron chi connectivity index (χ0n) is 14.6. The van der Waals surface area contributed by atoms with Gasteiger partial charge < -0.3 is 15.0 Å². The average Bonchev–Trinajstić information content (AvgIpc) is 3.07. The first-order chi connectivity index (χ1) is 13.2. The molecular formula is C22H16IN3O. The molecule has 2 aromatic heterocycles. The zero-order chi connectivity index (χ0) is 18.4. The fourth-order valence-electron chi connectivity index (χ4n) is 3.49. The lowest BCUT2D eigenvalue weighted by Crippen LogP contribution is -1.98. The molecule has 0 spiro atoms. The fourth-order valence-corrected chi connectivity index (χ4v) is 3.96. The second kappa shape index (κ2) is 6.42. The number of nitrogens with one attached hydrogen (secondary N) is 2. The molecule has 132 valence electrons. The van der Waals surface area contributed by atoms with Crippen LogP contribution in [0.25, 0.3) is 32.8 Å². The highest BCUT2D eigenvalue weighted by atomic mass is 127. The van der Waals surface area contributed by atoms with E-state index in [1.807, 2.05) is 42.5 Å². The summed E-state index contributed by atoms with van der Waals surface area (Å²) in [5.74, 6) is 0.812. The molecule has 5 aromatic rings. The molecule has 0 saturated carbocycles. The minimum absolute atomic E-state index is 0.812. The summed E-state index contributed by atoms with van der Waals surface area (Å²) in [6.07, 6.45) is 0. The molecule has 3 aromatic carbocycles. The molecule has 0 atom stereocenters. The second-order valence-corrected chi connectivity index (χ2v) is 7.61. The van der Waals surface area contributed by atoms with Crippen molar-refractivity contribution in [2.75, 3.05) is 12.4 Å². The lowest BCUT2D eigenvalue weighted by molar-refractivity contribution is 0.416. The molecule has 2 N–H and O–H groups in total. The van der Waals surface area contributed by atoms with Gasteiger partial charge in [0.25, 0.3) is 0 Å². The number of methoxy groups -OCH3 is 1. The summed E-state index contributed by atoms with van der Waals surface area (Å²) in [4.78, 5) is 8.46. The number of anilines is 2. The van der Waals surface area contributed by atoms with Gasteiger partial charge >= 0.3 is 0 Å². The summed E-state index contributed by atoms with van der Waals surface area (Å²) in [5.41, 5.74) is 5.93. The number of nitrogens with zero attached hydrogens (tertiary/aromatic N) is 1. The topological polar surface area (TPSA) is 49.9 Å². The summed E-state index contributed by atoms with van der Waals surface area (Å²) in [7, 11) is 1.69. The van der Waals surface area contributed by atoms with Gasteiger partial charge in [0.05, 0.1) is 35.0 Å². The summed E-state index contributed by atoms with van der Waals surface area (Å²) in [6, 6.07) is 22.6. The summed E-state index contributed by atoms with van der Waals surface area (Å²) in [6.45, 7) is 0. The van der Waals surface area contributed by atoms with E-state index in [1.54, 1.807) is 7.11 Å². The van der Waals surface area contributed by atoms with Gasteiger partial charge in [-0.15, -0.1) is 0 Å². The summed E-state index contributed by atoms with van der Waals surface area (Å²) < 4.78 is 6.72. The van der Waals surface area contributed by atoms with Crippen molar-refractivity contribution in [3.05, 3.63) is 70.3 Å². The lowest BCUT2D eigenvalue weighted by atomic mass is 10.1. The van der Waals surface area contributed by atoms with E-state index < -0.39 is 0 Å². The van der Waals surface area contributed by atoms with Crippen molar-refractivity contribution in [1.29, 1.82) is 0 Å². The summed E-state index contributed by atoms with van der Waals surface area (Å²) >= 11 is 2.29. The highest BCUT2D eigenvalue weighted by Gasteiger charge is 2.15. The van der Waals surface area contributed by atoms with Crippen molar-refractivity contribution in [3.8, 4) is 5.75 Å². The molecule has 0 aliphatic rings. The van der Waals surface area contributed by atoms with Crippen LogP contribution in [0.3, 0.4) is 0 Å². The highest BCUT2D eigenvalue weighted by Crippen LogP contribution is 2.38. The molecular weight excluding hydrogens is 449 g/mol. The molecule has 0 amide bonds. The van der Waals surface area contributed by atoms with E-state index in [2.05, 4.69) is 57.2 Å². The minimum atomic E-state index is 0.812. The van der Waals surface area contributed by atoms with E-state index in [9.17, 15) is 0 Å². The number of hydrogen-bond donors (Lipinski definition) is 2. The lowest BCUT2D eigenvalue weighted by Gasteiger charge is -2.14. The third-order valence-corrected chi connectivity index (χ3v) is 5.43. The van der Waals surface area contributed by atoms with Crippen LogP contribution in [0.4, 0.5) is 11.4 Å². The van der Waals surface area contributed by atoms with Crippen molar-refractivity contribution < 1.29 is 4.74 Å². The van der Waals surface area contributed by atoms with Gasteiger partial charge in [-0.1, -0.05) is 36.4 Å². The first kappa shape index (κ1) is 16.4. The number of ether oxygens (including phenoxy) is 1. The molecule has 27 heavy (non-hydrogen) atoms. The van der Waals surface area contributed by atoms with Crippen LogP contribution >= 0.6 is 22.6 Å². The number of hydrogen-bond acceptors (Lipinski definition) is 3. The normalized spacial score (nSPS) is 11.3. The molecule has 0 aliphatic heterocycles. The van der Waals surface area contributed by atoms with Crippen LogP contribution in [-0.4, -0.2) is 17.1 Å². The molecule has 0 radical (unpaired) electrons. The van der Waals surface area contributed by atoms with Crippen molar-refractivity contribution in [2.45, 2.75) is 0 Å². The maximum Gasteiger partial charge on any atom is 0.143 e. The minimum Gasteiger partial charge on any atom is -0.495 e. The Labute approximate surface area is 169 Å². The van der Waals surface area contributed by atoms with Gasteiger partial charge in [-0.3, -0.25) is 0 Å². The predicted octanol–water partition coefficient (Wildman–Crippen LogP) is 6.23. The Balaban J connectivity index is 1.83. The van der Waals surface area contributed by atoms with Crippen LogP contribution in [-0.2, 0) is 0 Å². The monoisotopic (exact) mass is 465 g/mol. The first-order valence-corrected chi connectivity index (χ1v) is 9.72.